The van der Waals surface area contributed by atoms with Gasteiger partial charge in [-0.15, -0.1) is 0 Å². The molecule has 0 saturated carbocycles. The molecule has 2 nitrogen and oxygen atoms in total. The van der Waals surface area contributed by atoms with Gasteiger partial charge in [-0.3, -0.25) is 0 Å². The molecule has 0 spiro atoms. The SMILES string of the molecule is CNCCCN(C)Cc1ccc(C)c(C)c1. The Kier molecular flexibility index (Phi) is 5.50. The Balaban J connectivity index is 2.43. The highest BCUT2D eigenvalue weighted by atomic mass is 15.1. The molecule has 0 unspecified atom stereocenters. The van der Waals surface area contributed by atoms with Gasteiger partial charge in [0, 0.05) is 6.54 Å². The number of nitrogens with zero attached hydrogens (tertiary/aromatic N) is 1. The predicted molar refractivity (Wildman–Crippen MR) is 70.8 cm³/mol. The van der Waals surface area contributed by atoms with E-state index in [-0.39, 0.29) is 0 Å². The number of hydrogen-bond donors (Lipinski definition) is 1. The number of rotatable bonds is 6. The number of benzene rings is 1. The molecule has 16 heavy (non-hydrogen) atoms. The Morgan fingerprint density at radius 2 is 1.94 bits per heavy atom. The van der Waals surface area contributed by atoms with Crippen LogP contribution in [0.3, 0.4) is 0 Å². The molecule has 0 fully saturated rings. The maximum absolute atomic E-state index is 3.18. The van der Waals surface area contributed by atoms with E-state index in [0.717, 1.165) is 19.6 Å². The molecule has 0 aliphatic rings. The van der Waals surface area contributed by atoms with Gasteiger partial charge in [0.25, 0.3) is 0 Å². The highest BCUT2D eigenvalue weighted by molar-refractivity contribution is 5.29. The minimum atomic E-state index is 1.05. The van der Waals surface area contributed by atoms with E-state index in [1.54, 1.807) is 0 Å². The van der Waals surface area contributed by atoms with Gasteiger partial charge in [-0.1, -0.05) is 18.2 Å². The first kappa shape index (κ1) is 13.2. The minimum absolute atomic E-state index is 1.05. The molecule has 1 rings (SSSR count). The van der Waals surface area contributed by atoms with E-state index in [4.69, 9.17) is 0 Å². The zero-order chi connectivity index (χ0) is 12.0. The average Bonchev–Trinajstić information content (AvgIpc) is 2.24. The Morgan fingerprint density at radius 1 is 1.19 bits per heavy atom. The van der Waals surface area contributed by atoms with E-state index in [1.165, 1.54) is 23.1 Å². The van der Waals surface area contributed by atoms with Crippen molar-refractivity contribution in [2.24, 2.45) is 0 Å². The highest BCUT2D eigenvalue weighted by Gasteiger charge is 2.01. The second kappa shape index (κ2) is 6.66. The van der Waals surface area contributed by atoms with Gasteiger partial charge >= 0.3 is 0 Å². The van der Waals surface area contributed by atoms with Crippen molar-refractivity contribution >= 4 is 0 Å². The van der Waals surface area contributed by atoms with E-state index < -0.39 is 0 Å². The number of hydrogen-bond acceptors (Lipinski definition) is 2. The normalized spacial score (nSPS) is 11.1. The molecule has 0 aliphatic carbocycles. The molecule has 0 aromatic heterocycles. The summed E-state index contributed by atoms with van der Waals surface area (Å²) in [6.45, 7) is 7.63. The standard InChI is InChI=1S/C14H24N2/c1-12-6-7-14(10-13(12)2)11-16(4)9-5-8-15-3/h6-7,10,15H,5,8-9,11H2,1-4H3. The molecule has 90 valence electrons. The van der Waals surface area contributed by atoms with Crippen molar-refractivity contribution in [2.75, 3.05) is 27.2 Å². The smallest absolute Gasteiger partial charge is 0.0230 e. The van der Waals surface area contributed by atoms with Crippen LogP contribution in [-0.2, 0) is 6.54 Å². The summed E-state index contributed by atoms with van der Waals surface area (Å²) in [7, 11) is 4.19. The molecule has 0 amide bonds. The number of aryl methyl sites for hydroxylation is 2. The number of nitrogens with one attached hydrogen (secondary N) is 1. The van der Waals surface area contributed by atoms with Gasteiger partial charge < -0.3 is 10.2 Å². The summed E-state index contributed by atoms with van der Waals surface area (Å²) in [4.78, 5) is 2.38. The average molecular weight is 220 g/mol. The zero-order valence-corrected chi connectivity index (χ0v) is 11.0. The third kappa shape index (κ3) is 4.33. The lowest BCUT2D eigenvalue weighted by molar-refractivity contribution is 0.321. The van der Waals surface area contributed by atoms with Crippen molar-refractivity contribution in [1.82, 2.24) is 10.2 Å². The zero-order valence-electron chi connectivity index (χ0n) is 11.0. The molecule has 1 aromatic carbocycles. The molecule has 1 aromatic rings. The summed E-state index contributed by atoms with van der Waals surface area (Å²) in [6, 6.07) is 6.74. The lowest BCUT2D eigenvalue weighted by atomic mass is 10.1. The largest absolute Gasteiger partial charge is 0.320 e. The topological polar surface area (TPSA) is 15.3 Å². The lowest BCUT2D eigenvalue weighted by Crippen LogP contribution is -2.22. The van der Waals surface area contributed by atoms with Gasteiger partial charge in [0.05, 0.1) is 0 Å². The van der Waals surface area contributed by atoms with Gasteiger partial charge in [-0.05, 0) is 64.1 Å². The second-order valence-corrected chi connectivity index (χ2v) is 4.61. The van der Waals surface area contributed by atoms with E-state index in [2.05, 4.69) is 49.3 Å². The van der Waals surface area contributed by atoms with Crippen LogP contribution < -0.4 is 5.32 Å². The molecule has 1 N–H and O–H groups in total. The van der Waals surface area contributed by atoms with E-state index >= 15 is 0 Å². The highest BCUT2D eigenvalue weighted by Crippen LogP contribution is 2.11. The molecule has 0 aliphatic heterocycles. The van der Waals surface area contributed by atoms with Crippen molar-refractivity contribution < 1.29 is 0 Å². The van der Waals surface area contributed by atoms with Crippen LogP contribution in [0.15, 0.2) is 18.2 Å². The third-order valence-electron chi connectivity index (χ3n) is 2.99. The Labute approximate surface area is 99.7 Å². The first-order chi connectivity index (χ1) is 7.63. The van der Waals surface area contributed by atoms with Crippen LogP contribution in [0, 0.1) is 13.8 Å². The van der Waals surface area contributed by atoms with Crippen molar-refractivity contribution in [3.63, 3.8) is 0 Å². The van der Waals surface area contributed by atoms with Crippen LogP contribution in [0.5, 0.6) is 0 Å². The van der Waals surface area contributed by atoms with Crippen molar-refractivity contribution in [2.45, 2.75) is 26.8 Å². The fraction of sp³-hybridized carbons (Fsp3) is 0.571. The predicted octanol–water partition coefficient (Wildman–Crippen LogP) is 2.34. The van der Waals surface area contributed by atoms with E-state index in [1.807, 2.05) is 7.05 Å². The van der Waals surface area contributed by atoms with E-state index in [9.17, 15) is 0 Å². The van der Waals surface area contributed by atoms with Crippen molar-refractivity contribution in [1.29, 1.82) is 0 Å². The molecular weight excluding hydrogens is 196 g/mol. The van der Waals surface area contributed by atoms with Gasteiger partial charge in [-0.25, -0.2) is 0 Å². The lowest BCUT2D eigenvalue weighted by Gasteiger charge is -2.17. The van der Waals surface area contributed by atoms with Gasteiger partial charge in [0.15, 0.2) is 0 Å². The van der Waals surface area contributed by atoms with Crippen LogP contribution in [0.4, 0.5) is 0 Å². The summed E-state index contributed by atoms with van der Waals surface area (Å²) in [5, 5.41) is 3.18. The summed E-state index contributed by atoms with van der Waals surface area (Å²) < 4.78 is 0. The molecule has 0 bridgehead atoms. The molecular formula is C14H24N2. The fourth-order valence-corrected chi connectivity index (χ4v) is 1.82. The molecule has 0 radical (unpaired) electrons. The fourth-order valence-electron chi connectivity index (χ4n) is 1.82. The summed E-state index contributed by atoms with van der Waals surface area (Å²) in [5.41, 5.74) is 4.18. The van der Waals surface area contributed by atoms with Crippen LogP contribution in [-0.4, -0.2) is 32.1 Å². The Hall–Kier alpha value is -0.860. The van der Waals surface area contributed by atoms with Crippen LogP contribution in [0.25, 0.3) is 0 Å². The maximum Gasteiger partial charge on any atom is 0.0230 e. The van der Waals surface area contributed by atoms with Gasteiger partial charge in [0.1, 0.15) is 0 Å². The van der Waals surface area contributed by atoms with Gasteiger partial charge in [0.2, 0.25) is 0 Å². The van der Waals surface area contributed by atoms with Crippen LogP contribution >= 0.6 is 0 Å². The van der Waals surface area contributed by atoms with Crippen LogP contribution in [0.1, 0.15) is 23.1 Å². The van der Waals surface area contributed by atoms with Crippen molar-refractivity contribution in [3.05, 3.63) is 34.9 Å². The minimum Gasteiger partial charge on any atom is -0.320 e. The third-order valence-corrected chi connectivity index (χ3v) is 2.99. The second-order valence-electron chi connectivity index (χ2n) is 4.61. The maximum atomic E-state index is 3.18. The molecule has 0 saturated heterocycles. The van der Waals surface area contributed by atoms with Crippen molar-refractivity contribution in [3.8, 4) is 0 Å². The summed E-state index contributed by atoms with van der Waals surface area (Å²) in [6.07, 6.45) is 1.21. The molecule has 0 heterocycles. The molecule has 2 heteroatoms. The first-order valence-electron chi connectivity index (χ1n) is 6.02. The quantitative estimate of drug-likeness (QED) is 0.740. The van der Waals surface area contributed by atoms with Gasteiger partial charge in [-0.2, -0.15) is 0 Å². The summed E-state index contributed by atoms with van der Waals surface area (Å²) in [5.74, 6) is 0. The van der Waals surface area contributed by atoms with Crippen LogP contribution in [0.2, 0.25) is 0 Å². The molecule has 0 atom stereocenters. The Morgan fingerprint density at radius 3 is 2.56 bits per heavy atom. The monoisotopic (exact) mass is 220 g/mol. The summed E-state index contributed by atoms with van der Waals surface area (Å²) >= 11 is 0. The Bertz CT molecular complexity index is 321. The first-order valence-corrected chi connectivity index (χ1v) is 6.02. The van der Waals surface area contributed by atoms with E-state index in [0.29, 0.717) is 0 Å².